The Hall–Kier alpha value is -2.98. The molecule has 0 aliphatic carbocycles. The summed E-state index contributed by atoms with van der Waals surface area (Å²) in [6.07, 6.45) is -3.45. The van der Waals surface area contributed by atoms with Crippen LogP contribution in [0.3, 0.4) is 0 Å². The highest BCUT2D eigenvalue weighted by Crippen LogP contribution is 2.29. The summed E-state index contributed by atoms with van der Waals surface area (Å²) < 4.78 is 39.5. The fourth-order valence-corrected chi connectivity index (χ4v) is 2.58. The van der Waals surface area contributed by atoms with Gasteiger partial charge in [-0.05, 0) is 12.1 Å². The van der Waals surface area contributed by atoms with E-state index in [1.54, 1.807) is 0 Å². The summed E-state index contributed by atoms with van der Waals surface area (Å²) in [5.74, 6) is -0.953. The lowest BCUT2D eigenvalue weighted by Gasteiger charge is -2.13. The second kappa shape index (κ2) is 6.73. The van der Waals surface area contributed by atoms with E-state index in [9.17, 15) is 27.6 Å². The number of carbonyl (C=O) groups is 3. The molecule has 0 aromatic carbocycles. The molecule has 8 nitrogen and oxygen atoms in total. The summed E-state index contributed by atoms with van der Waals surface area (Å²) in [7, 11) is 0. The molecule has 0 atom stereocenters. The zero-order valence-electron chi connectivity index (χ0n) is 13.4. The van der Waals surface area contributed by atoms with Crippen LogP contribution in [0.1, 0.15) is 30.7 Å². The number of nitrogens with one attached hydrogen (secondary N) is 1. The van der Waals surface area contributed by atoms with Crippen molar-refractivity contribution in [2.75, 3.05) is 6.54 Å². The van der Waals surface area contributed by atoms with Crippen LogP contribution in [0.15, 0.2) is 18.3 Å². The van der Waals surface area contributed by atoms with Crippen LogP contribution in [0.4, 0.5) is 13.2 Å². The maximum atomic E-state index is 12.8. The number of rotatable bonds is 5. The molecular formula is C15H14F3N5O3. The SMILES string of the molecule is O=C(CCN1C(=O)CCC1=O)NCc1nnc2ccc(C(F)(F)F)cn12. The second-order valence-corrected chi connectivity index (χ2v) is 5.73. The molecule has 1 saturated heterocycles. The molecule has 2 aromatic heterocycles. The van der Waals surface area contributed by atoms with E-state index in [2.05, 4.69) is 15.5 Å². The average molecular weight is 369 g/mol. The van der Waals surface area contributed by atoms with E-state index in [-0.39, 0.29) is 55.6 Å². The molecule has 138 valence electrons. The maximum Gasteiger partial charge on any atom is 0.417 e. The first-order chi connectivity index (χ1) is 12.3. The van der Waals surface area contributed by atoms with Crippen molar-refractivity contribution in [2.45, 2.75) is 32.0 Å². The van der Waals surface area contributed by atoms with Gasteiger partial charge < -0.3 is 5.32 Å². The first kappa shape index (κ1) is 17.8. The van der Waals surface area contributed by atoms with Crippen molar-refractivity contribution in [3.05, 3.63) is 29.7 Å². The Bertz CT molecular complexity index is 861. The Kier molecular flexibility index (Phi) is 4.62. The molecule has 0 unspecified atom stereocenters. The first-order valence-corrected chi connectivity index (χ1v) is 7.76. The summed E-state index contributed by atoms with van der Waals surface area (Å²) in [5, 5.41) is 10.0. The average Bonchev–Trinajstić information content (AvgIpc) is 3.13. The van der Waals surface area contributed by atoms with E-state index in [0.29, 0.717) is 0 Å². The molecule has 0 saturated carbocycles. The summed E-state index contributed by atoms with van der Waals surface area (Å²) in [4.78, 5) is 35.8. The van der Waals surface area contributed by atoms with Crippen LogP contribution < -0.4 is 5.32 Å². The number of carbonyl (C=O) groups excluding carboxylic acids is 3. The minimum absolute atomic E-state index is 0.0255. The van der Waals surface area contributed by atoms with Gasteiger partial charge in [0.05, 0.1) is 12.1 Å². The third-order valence-electron chi connectivity index (χ3n) is 3.96. The Labute approximate surface area is 145 Å². The summed E-state index contributed by atoms with van der Waals surface area (Å²) >= 11 is 0. The van der Waals surface area contributed by atoms with E-state index in [1.165, 1.54) is 6.07 Å². The summed E-state index contributed by atoms with van der Waals surface area (Å²) in [6.45, 7) is -0.161. The van der Waals surface area contributed by atoms with Crippen LogP contribution in [-0.2, 0) is 27.1 Å². The Morgan fingerprint density at radius 3 is 2.50 bits per heavy atom. The number of hydrogen-bond donors (Lipinski definition) is 1. The number of fused-ring (bicyclic) bond motifs is 1. The number of nitrogens with zero attached hydrogens (tertiary/aromatic N) is 4. The normalized spacial score (nSPS) is 15.1. The molecular weight excluding hydrogens is 355 g/mol. The van der Waals surface area contributed by atoms with E-state index >= 15 is 0 Å². The lowest BCUT2D eigenvalue weighted by Crippen LogP contribution is -2.34. The van der Waals surface area contributed by atoms with Gasteiger partial charge in [-0.3, -0.25) is 23.7 Å². The van der Waals surface area contributed by atoms with Gasteiger partial charge in [-0.1, -0.05) is 0 Å². The molecule has 3 amide bonds. The predicted molar refractivity (Wildman–Crippen MR) is 80.4 cm³/mol. The van der Waals surface area contributed by atoms with Crippen LogP contribution in [0.5, 0.6) is 0 Å². The Morgan fingerprint density at radius 2 is 1.85 bits per heavy atom. The van der Waals surface area contributed by atoms with Crippen molar-refractivity contribution in [2.24, 2.45) is 0 Å². The van der Waals surface area contributed by atoms with Crippen LogP contribution in [-0.4, -0.2) is 43.8 Å². The van der Waals surface area contributed by atoms with Crippen molar-refractivity contribution in [1.82, 2.24) is 24.8 Å². The quantitative estimate of drug-likeness (QED) is 0.790. The van der Waals surface area contributed by atoms with Gasteiger partial charge in [0.25, 0.3) is 0 Å². The molecule has 0 spiro atoms. The van der Waals surface area contributed by atoms with Crippen molar-refractivity contribution < 1.29 is 27.6 Å². The van der Waals surface area contributed by atoms with Gasteiger partial charge >= 0.3 is 6.18 Å². The minimum Gasteiger partial charge on any atom is -0.349 e. The van der Waals surface area contributed by atoms with Gasteiger partial charge in [0.2, 0.25) is 17.7 Å². The highest BCUT2D eigenvalue weighted by molar-refractivity contribution is 6.02. The van der Waals surface area contributed by atoms with E-state index in [1.807, 2.05) is 0 Å². The zero-order chi connectivity index (χ0) is 18.9. The smallest absolute Gasteiger partial charge is 0.349 e. The van der Waals surface area contributed by atoms with Crippen LogP contribution in [0, 0.1) is 0 Å². The molecule has 0 bridgehead atoms. The van der Waals surface area contributed by atoms with Crippen molar-refractivity contribution >= 4 is 23.4 Å². The molecule has 1 fully saturated rings. The molecule has 2 aromatic rings. The molecule has 1 aliphatic heterocycles. The third-order valence-corrected chi connectivity index (χ3v) is 3.96. The highest BCUT2D eigenvalue weighted by Gasteiger charge is 2.31. The molecule has 26 heavy (non-hydrogen) atoms. The predicted octanol–water partition coefficient (Wildman–Crippen LogP) is 0.903. The lowest BCUT2D eigenvalue weighted by molar-refractivity contribution is -0.139. The van der Waals surface area contributed by atoms with E-state index in [4.69, 9.17) is 0 Å². The van der Waals surface area contributed by atoms with Crippen molar-refractivity contribution in [3.63, 3.8) is 0 Å². The van der Waals surface area contributed by atoms with Gasteiger partial charge in [0.15, 0.2) is 11.5 Å². The Balaban J connectivity index is 1.61. The number of aromatic nitrogens is 3. The van der Waals surface area contributed by atoms with Crippen LogP contribution >= 0.6 is 0 Å². The topological polar surface area (TPSA) is 96.7 Å². The van der Waals surface area contributed by atoms with Gasteiger partial charge in [-0.15, -0.1) is 10.2 Å². The largest absolute Gasteiger partial charge is 0.417 e. The summed E-state index contributed by atoms with van der Waals surface area (Å²) in [6, 6.07) is 2.09. The van der Waals surface area contributed by atoms with Crippen LogP contribution in [0.2, 0.25) is 0 Å². The zero-order valence-corrected chi connectivity index (χ0v) is 13.4. The molecule has 11 heteroatoms. The van der Waals surface area contributed by atoms with Crippen molar-refractivity contribution in [3.8, 4) is 0 Å². The first-order valence-electron chi connectivity index (χ1n) is 7.76. The monoisotopic (exact) mass is 369 g/mol. The van der Waals surface area contributed by atoms with Crippen LogP contribution in [0.25, 0.3) is 5.65 Å². The van der Waals surface area contributed by atoms with E-state index < -0.39 is 17.6 Å². The molecule has 1 aliphatic rings. The second-order valence-electron chi connectivity index (χ2n) is 5.73. The van der Waals surface area contributed by atoms with Gasteiger partial charge in [-0.2, -0.15) is 13.2 Å². The molecule has 0 radical (unpaired) electrons. The van der Waals surface area contributed by atoms with Crippen molar-refractivity contribution in [1.29, 1.82) is 0 Å². The molecule has 3 rings (SSSR count). The van der Waals surface area contributed by atoms with Gasteiger partial charge in [-0.25, -0.2) is 0 Å². The third kappa shape index (κ3) is 3.65. The summed E-state index contributed by atoms with van der Waals surface area (Å²) in [5.41, 5.74) is -0.640. The Morgan fingerprint density at radius 1 is 1.15 bits per heavy atom. The van der Waals surface area contributed by atoms with E-state index in [0.717, 1.165) is 21.6 Å². The molecule has 1 N–H and O–H groups in total. The number of halogens is 3. The minimum atomic E-state index is -4.51. The number of hydrogen-bond acceptors (Lipinski definition) is 5. The fraction of sp³-hybridized carbons (Fsp3) is 0.400. The number of amides is 3. The van der Waals surface area contributed by atoms with Gasteiger partial charge in [0, 0.05) is 32.0 Å². The van der Waals surface area contributed by atoms with Gasteiger partial charge in [0.1, 0.15) is 0 Å². The fourth-order valence-electron chi connectivity index (χ4n) is 2.58. The number of pyridine rings is 1. The number of likely N-dealkylation sites (tertiary alicyclic amines) is 1. The standard InChI is InChI=1S/C15H14F3N5O3/c16-15(17,18)9-1-2-10-20-21-11(23(10)8-9)7-19-12(24)5-6-22-13(25)3-4-14(22)26/h1-2,8H,3-7H2,(H,19,24). The number of alkyl halides is 3. The lowest BCUT2D eigenvalue weighted by atomic mass is 10.3. The number of imide groups is 1. The molecule has 3 heterocycles. The maximum absolute atomic E-state index is 12.8. The highest BCUT2D eigenvalue weighted by atomic mass is 19.4.